The molecule has 2 rings (SSSR count). The molecular weight excluding hydrogens is 304 g/mol. The average Bonchev–Trinajstić information content (AvgIpc) is 2.59. The Hall–Kier alpha value is -3.26. The Morgan fingerprint density at radius 1 is 1.00 bits per heavy atom. The highest BCUT2D eigenvalue weighted by Crippen LogP contribution is 2.16. The Morgan fingerprint density at radius 3 is 2.46 bits per heavy atom. The molecule has 0 bridgehead atoms. The molecule has 0 heterocycles. The largest absolute Gasteiger partial charge is 0.480 e. The maximum absolute atomic E-state index is 11.7. The second-order valence-electron chi connectivity index (χ2n) is 4.94. The third-order valence-corrected chi connectivity index (χ3v) is 3.16. The van der Waals surface area contributed by atoms with Gasteiger partial charge in [-0.25, -0.2) is 0 Å². The fourth-order valence-corrected chi connectivity index (χ4v) is 2.01. The SMILES string of the molecule is NC(=O)c1ccccc1OCC#CCNC(=O)Cc1ccccc1. The maximum Gasteiger partial charge on any atom is 0.252 e. The van der Waals surface area contributed by atoms with E-state index in [1.807, 2.05) is 30.3 Å². The molecule has 0 saturated carbocycles. The van der Waals surface area contributed by atoms with E-state index in [-0.39, 0.29) is 19.1 Å². The fraction of sp³-hybridized carbons (Fsp3) is 0.158. The molecule has 2 aromatic rings. The molecule has 0 aliphatic heterocycles. The van der Waals surface area contributed by atoms with Crippen molar-refractivity contribution in [1.82, 2.24) is 5.32 Å². The van der Waals surface area contributed by atoms with Crippen molar-refractivity contribution in [2.75, 3.05) is 13.2 Å². The summed E-state index contributed by atoms with van der Waals surface area (Å²) in [6, 6.07) is 16.2. The number of para-hydroxylation sites is 1. The quantitative estimate of drug-likeness (QED) is 0.791. The van der Waals surface area contributed by atoms with Crippen LogP contribution in [0.5, 0.6) is 5.75 Å². The number of hydrogen-bond acceptors (Lipinski definition) is 3. The molecule has 0 aliphatic rings. The zero-order valence-corrected chi connectivity index (χ0v) is 13.1. The molecule has 0 aliphatic carbocycles. The van der Waals surface area contributed by atoms with Crippen LogP contribution in [-0.2, 0) is 11.2 Å². The van der Waals surface area contributed by atoms with Gasteiger partial charge in [-0.05, 0) is 17.7 Å². The minimum atomic E-state index is -0.549. The van der Waals surface area contributed by atoms with E-state index in [9.17, 15) is 9.59 Å². The molecule has 0 aromatic heterocycles. The highest BCUT2D eigenvalue weighted by Gasteiger charge is 2.07. The van der Waals surface area contributed by atoms with E-state index in [0.29, 0.717) is 17.7 Å². The number of benzene rings is 2. The van der Waals surface area contributed by atoms with Gasteiger partial charge in [-0.3, -0.25) is 9.59 Å². The monoisotopic (exact) mass is 322 g/mol. The molecule has 24 heavy (non-hydrogen) atoms. The second kappa shape index (κ2) is 9.01. The summed E-state index contributed by atoms with van der Waals surface area (Å²) in [7, 11) is 0. The van der Waals surface area contributed by atoms with Crippen molar-refractivity contribution in [3.8, 4) is 17.6 Å². The van der Waals surface area contributed by atoms with Gasteiger partial charge < -0.3 is 15.8 Å². The normalized spacial score (nSPS) is 9.50. The van der Waals surface area contributed by atoms with Gasteiger partial charge in [0.05, 0.1) is 18.5 Å². The zero-order chi connectivity index (χ0) is 17.2. The van der Waals surface area contributed by atoms with Crippen LogP contribution in [0.25, 0.3) is 0 Å². The zero-order valence-electron chi connectivity index (χ0n) is 13.1. The lowest BCUT2D eigenvalue weighted by Crippen LogP contribution is -2.25. The number of amides is 2. The van der Waals surface area contributed by atoms with Crippen LogP contribution < -0.4 is 15.8 Å². The van der Waals surface area contributed by atoms with E-state index in [4.69, 9.17) is 10.5 Å². The van der Waals surface area contributed by atoms with Crippen LogP contribution in [-0.4, -0.2) is 25.0 Å². The number of carbonyl (C=O) groups excluding carboxylic acids is 2. The van der Waals surface area contributed by atoms with E-state index < -0.39 is 5.91 Å². The first-order chi connectivity index (χ1) is 11.7. The lowest BCUT2D eigenvalue weighted by atomic mass is 10.1. The maximum atomic E-state index is 11.7. The van der Waals surface area contributed by atoms with E-state index >= 15 is 0 Å². The van der Waals surface area contributed by atoms with Crippen molar-refractivity contribution in [2.24, 2.45) is 5.73 Å². The van der Waals surface area contributed by atoms with Gasteiger partial charge in [0.25, 0.3) is 5.91 Å². The van der Waals surface area contributed by atoms with Crippen LogP contribution in [0.15, 0.2) is 54.6 Å². The van der Waals surface area contributed by atoms with Crippen molar-refractivity contribution in [3.05, 3.63) is 65.7 Å². The van der Waals surface area contributed by atoms with Crippen LogP contribution in [0, 0.1) is 11.8 Å². The Kier molecular flexibility index (Phi) is 6.42. The smallest absolute Gasteiger partial charge is 0.252 e. The number of ether oxygens (including phenoxy) is 1. The highest BCUT2D eigenvalue weighted by atomic mass is 16.5. The van der Waals surface area contributed by atoms with Crippen LogP contribution in [0.3, 0.4) is 0 Å². The summed E-state index contributed by atoms with van der Waals surface area (Å²) in [6.45, 7) is 0.353. The Labute approximate surface area is 140 Å². The van der Waals surface area contributed by atoms with Gasteiger partial charge in [0, 0.05) is 0 Å². The molecule has 0 fully saturated rings. The van der Waals surface area contributed by atoms with Crippen LogP contribution in [0.2, 0.25) is 0 Å². The number of rotatable bonds is 6. The fourth-order valence-electron chi connectivity index (χ4n) is 2.01. The average molecular weight is 322 g/mol. The third-order valence-electron chi connectivity index (χ3n) is 3.16. The highest BCUT2D eigenvalue weighted by molar-refractivity contribution is 5.95. The summed E-state index contributed by atoms with van der Waals surface area (Å²) in [4.78, 5) is 23.0. The number of carbonyl (C=O) groups is 2. The van der Waals surface area contributed by atoms with Crippen LogP contribution in [0.4, 0.5) is 0 Å². The molecule has 5 heteroatoms. The molecule has 2 aromatic carbocycles. The van der Waals surface area contributed by atoms with Gasteiger partial charge in [0.15, 0.2) is 0 Å². The lowest BCUT2D eigenvalue weighted by Gasteiger charge is -2.05. The van der Waals surface area contributed by atoms with E-state index in [0.717, 1.165) is 5.56 Å². The van der Waals surface area contributed by atoms with Gasteiger partial charge >= 0.3 is 0 Å². The number of hydrogen-bond donors (Lipinski definition) is 2. The molecule has 0 unspecified atom stereocenters. The second-order valence-corrected chi connectivity index (χ2v) is 4.94. The third kappa shape index (κ3) is 5.50. The van der Waals surface area contributed by atoms with Gasteiger partial charge in [0.1, 0.15) is 12.4 Å². The molecule has 0 atom stereocenters. The molecule has 0 radical (unpaired) electrons. The summed E-state index contributed by atoms with van der Waals surface area (Å²) in [5, 5.41) is 2.72. The first-order valence-corrected chi connectivity index (χ1v) is 7.45. The van der Waals surface area contributed by atoms with E-state index in [1.165, 1.54) is 0 Å². The Bertz CT molecular complexity index is 761. The summed E-state index contributed by atoms with van der Waals surface area (Å²) < 4.78 is 5.41. The summed E-state index contributed by atoms with van der Waals surface area (Å²) in [6.07, 6.45) is 0.324. The van der Waals surface area contributed by atoms with Gasteiger partial charge in [-0.15, -0.1) is 0 Å². The minimum absolute atomic E-state index is 0.0875. The predicted octanol–water partition coefficient (Wildman–Crippen LogP) is 1.53. The van der Waals surface area contributed by atoms with Crippen molar-refractivity contribution in [2.45, 2.75) is 6.42 Å². The standard InChI is InChI=1S/C19H18N2O3/c20-19(23)16-10-4-5-11-17(16)24-13-7-6-12-21-18(22)14-15-8-2-1-3-9-15/h1-5,8-11H,12-14H2,(H2,20,23)(H,21,22). The molecule has 0 spiro atoms. The first-order valence-electron chi connectivity index (χ1n) is 7.45. The van der Waals surface area contributed by atoms with Crippen molar-refractivity contribution in [3.63, 3.8) is 0 Å². The van der Waals surface area contributed by atoms with Gasteiger partial charge in [-0.2, -0.15) is 0 Å². The van der Waals surface area contributed by atoms with Crippen LogP contribution >= 0.6 is 0 Å². The minimum Gasteiger partial charge on any atom is -0.480 e. The van der Waals surface area contributed by atoms with Crippen molar-refractivity contribution < 1.29 is 14.3 Å². The van der Waals surface area contributed by atoms with Crippen molar-refractivity contribution >= 4 is 11.8 Å². The van der Waals surface area contributed by atoms with E-state index in [2.05, 4.69) is 17.2 Å². The van der Waals surface area contributed by atoms with Gasteiger partial charge in [-0.1, -0.05) is 54.3 Å². The summed E-state index contributed by atoms with van der Waals surface area (Å²) in [5.41, 5.74) is 6.53. The summed E-state index contributed by atoms with van der Waals surface area (Å²) in [5.74, 6) is 5.34. The predicted molar refractivity (Wildman–Crippen MR) is 91.4 cm³/mol. The Morgan fingerprint density at radius 2 is 1.71 bits per heavy atom. The molecule has 3 N–H and O–H groups in total. The summed E-state index contributed by atoms with van der Waals surface area (Å²) >= 11 is 0. The van der Waals surface area contributed by atoms with Crippen LogP contribution in [0.1, 0.15) is 15.9 Å². The molecular formula is C19H18N2O3. The number of nitrogens with one attached hydrogen (secondary N) is 1. The molecule has 0 saturated heterocycles. The Balaban J connectivity index is 1.73. The number of primary amides is 1. The topological polar surface area (TPSA) is 81.4 Å². The van der Waals surface area contributed by atoms with Gasteiger partial charge in [0.2, 0.25) is 5.91 Å². The number of nitrogens with two attached hydrogens (primary N) is 1. The van der Waals surface area contributed by atoms with E-state index in [1.54, 1.807) is 24.3 Å². The lowest BCUT2D eigenvalue weighted by molar-refractivity contribution is -0.120. The molecule has 2 amide bonds. The molecule has 5 nitrogen and oxygen atoms in total. The molecule has 122 valence electrons. The van der Waals surface area contributed by atoms with Crippen molar-refractivity contribution in [1.29, 1.82) is 0 Å². The first kappa shape index (κ1) is 17.1.